The lowest BCUT2D eigenvalue weighted by Gasteiger charge is -2.41. The number of carbonyl (C=O) groups is 4. The van der Waals surface area contributed by atoms with E-state index < -0.39 is 41.3 Å². The fourth-order valence-corrected chi connectivity index (χ4v) is 4.19. The molecule has 1 aromatic carbocycles. The molecule has 1 aliphatic rings. The first-order chi connectivity index (χ1) is 16.3. The summed E-state index contributed by atoms with van der Waals surface area (Å²) in [4.78, 5) is 51.5. The molecule has 10 nitrogen and oxygen atoms in total. The number of nitrogens with one attached hydrogen (secondary N) is 2. The Morgan fingerprint density at radius 3 is 2.37 bits per heavy atom. The number of rotatable bonds is 11. The van der Waals surface area contributed by atoms with Crippen LogP contribution in [0.3, 0.4) is 0 Å². The van der Waals surface area contributed by atoms with Gasteiger partial charge in [-0.1, -0.05) is 45.0 Å². The molecule has 0 saturated heterocycles. The molecule has 2 rings (SSSR count). The van der Waals surface area contributed by atoms with E-state index in [1.54, 1.807) is 0 Å². The number of amides is 3. The third kappa shape index (κ3) is 7.94. The van der Waals surface area contributed by atoms with E-state index in [2.05, 4.69) is 23.3 Å². The number of hydrogen-bond donors (Lipinski definition) is 6. The minimum Gasteiger partial charge on any atom is -0.480 e. The predicted octanol–water partition coefficient (Wildman–Crippen LogP) is 0.0362. The van der Waals surface area contributed by atoms with Gasteiger partial charge < -0.3 is 32.1 Å². The summed E-state index contributed by atoms with van der Waals surface area (Å²) in [7, 11) is 0. The number of thiol groups is 1. The van der Waals surface area contributed by atoms with Gasteiger partial charge in [-0.3, -0.25) is 14.4 Å². The molecule has 1 aliphatic heterocycles. The van der Waals surface area contributed by atoms with E-state index in [4.69, 9.17) is 11.5 Å². The molecule has 0 aromatic heterocycles. The highest BCUT2D eigenvalue weighted by Crippen LogP contribution is 2.28. The van der Waals surface area contributed by atoms with Crippen molar-refractivity contribution in [2.75, 3.05) is 12.3 Å². The number of carboxylic acids is 1. The smallest absolute Gasteiger partial charge is 0.326 e. The molecule has 0 aliphatic carbocycles. The van der Waals surface area contributed by atoms with Crippen LogP contribution < -0.4 is 22.1 Å². The summed E-state index contributed by atoms with van der Waals surface area (Å²) < 4.78 is 0. The molecule has 1 aromatic rings. The maximum absolute atomic E-state index is 13.9. The molecule has 11 heteroatoms. The molecule has 4 atom stereocenters. The number of carboxylic acid groups (broad SMARTS) is 1. The minimum atomic E-state index is -1.30. The largest absolute Gasteiger partial charge is 0.480 e. The van der Waals surface area contributed by atoms with Gasteiger partial charge in [-0.2, -0.15) is 12.6 Å². The quantitative estimate of drug-likeness (QED) is 0.230. The van der Waals surface area contributed by atoms with Gasteiger partial charge in [-0.15, -0.1) is 0 Å². The Morgan fingerprint density at radius 2 is 1.83 bits per heavy atom. The number of aliphatic carboxylic acids is 1. The van der Waals surface area contributed by atoms with Crippen molar-refractivity contribution >= 4 is 36.3 Å². The molecule has 194 valence electrons. The fourth-order valence-electron chi connectivity index (χ4n) is 4.06. The average molecular weight is 508 g/mol. The van der Waals surface area contributed by atoms with Gasteiger partial charge in [-0.05, 0) is 23.0 Å². The number of nitrogens with two attached hydrogens (primary N) is 2. The van der Waals surface area contributed by atoms with Crippen molar-refractivity contribution in [3.63, 3.8) is 0 Å². The topological polar surface area (TPSA) is 168 Å². The molecular weight excluding hydrogens is 470 g/mol. The van der Waals surface area contributed by atoms with Crippen LogP contribution in [0.4, 0.5) is 0 Å². The first kappa shape index (κ1) is 28.6. The number of primary amides is 1. The van der Waals surface area contributed by atoms with Gasteiger partial charge in [0.15, 0.2) is 0 Å². The summed E-state index contributed by atoms with van der Waals surface area (Å²) in [5.41, 5.74) is 12.5. The molecule has 7 N–H and O–H groups in total. The average Bonchev–Trinajstić information content (AvgIpc) is 2.79. The van der Waals surface area contributed by atoms with Crippen molar-refractivity contribution in [3.8, 4) is 0 Å². The zero-order chi connectivity index (χ0) is 26.3. The second-order valence-electron chi connectivity index (χ2n) is 10.0. The Labute approximate surface area is 211 Å². The van der Waals surface area contributed by atoms with E-state index >= 15 is 0 Å². The Hall–Kier alpha value is -2.63. The van der Waals surface area contributed by atoms with Crippen LogP contribution in [0.2, 0.25) is 0 Å². The highest BCUT2D eigenvalue weighted by atomic mass is 32.1. The van der Waals surface area contributed by atoms with Crippen LogP contribution in [-0.2, 0) is 32.1 Å². The predicted molar refractivity (Wildman–Crippen MR) is 136 cm³/mol. The van der Waals surface area contributed by atoms with Gasteiger partial charge in [0, 0.05) is 37.7 Å². The summed E-state index contributed by atoms with van der Waals surface area (Å²) in [5, 5.41) is 15.3. The van der Waals surface area contributed by atoms with Crippen LogP contribution in [0, 0.1) is 5.41 Å². The van der Waals surface area contributed by atoms with Crippen LogP contribution in [0.15, 0.2) is 24.3 Å². The van der Waals surface area contributed by atoms with Gasteiger partial charge in [0.25, 0.3) is 0 Å². The monoisotopic (exact) mass is 507 g/mol. The van der Waals surface area contributed by atoms with Crippen LogP contribution in [0.5, 0.6) is 0 Å². The van der Waals surface area contributed by atoms with Crippen molar-refractivity contribution < 1.29 is 24.3 Å². The van der Waals surface area contributed by atoms with Gasteiger partial charge in [-0.25, -0.2) is 4.79 Å². The highest BCUT2D eigenvalue weighted by molar-refractivity contribution is 7.80. The third-order valence-electron chi connectivity index (χ3n) is 6.06. The van der Waals surface area contributed by atoms with Crippen molar-refractivity contribution in [1.82, 2.24) is 15.5 Å². The minimum absolute atomic E-state index is 0.137. The summed E-state index contributed by atoms with van der Waals surface area (Å²) in [6.45, 7) is 6.34. The number of fused-ring (bicyclic) bond motifs is 1. The fraction of sp³-hybridized carbons (Fsp3) is 0.583. The summed E-state index contributed by atoms with van der Waals surface area (Å²) in [5.74, 6) is -2.36. The lowest BCUT2D eigenvalue weighted by Crippen LogP contribution is -2.61. The first-order valence-corrected chi connectivity index (χ1v) is 12.3. The summed E-state index contributed by atoms with van der Waals surface area (Å²) >= 11 is 4.20. The molecule has 0 spiro atoms. The van der Waals surface area contributed by atoms with E-state index in [9.17, 15) is 24.3 Å². The standard InChI is InChI=1S/C24H37N5O5S/c1-24(2,3)20(27-11-16(25)13-35)22(32)29-12-15-7-5-4-6-14(15)10-18(29)21(31)28-17(23(33)34)8-9-19(26)30/h4-7,16-18,20,27,35H,8-13,25H2,1-3H3,(H2,26,30)(H,28,31)(H,33,34)/t16?,17-,18+,20+/m0/s1. The Morgan fingerprint density at radius 1 is 1.20 bits per heavy atom. The van der Waals surface area contributed by atoms with E-state index in [0.29, 0.717) is 12.3 Å². The Kier molecular flexibility index (Phi) is 10.1. The number of hydrogen-bond acceptors (Lipinski definition) is 7. The van der Waals surface area contributed by atoms with Crippen LogP contribution in [0.25, 0.3) is 0 Å². The molecular formula is C24H37N5O5S. The normalized spacial score (nSPS) is 18.2. The maximum atomic E-state index is 13.9. The molecule has 0 fully saturated rings. The van der Waals surface area contributed by atoms with Gasteiger partial charge >= 0.3 is 5.97 Å². The SMILES string of the molecule is CC(C)(C)[C@H](NCC(N)CS)C(=O)N1Cc2ccccc2C[C@@H]1C(=O)N[C@@H](CCC(N)=O)C(=O)O. The lowest BCUT2D eigenvalue weighted by molar-refractivity contribution is -0.147. The van der Waals surface area contributed by atoms with Crippen molar-refractivity contribution in [2.24, 2.45) is 16.9 Å². The zero-order valence-corrected chi connectivity index (χ0v) is 21.4. The van der Waals surface area contributed by atoms with Crippen molar-refractivity contribution in [3.05, 3.63) is 35.4 Å². The van der Waals surface area contributed by atoms with Gasteiger partial charge in [0.2, 0.25) is 17.7 Å². The zero-order valence-electron chi connectivity index (χ0n) is 20.5. The first-order valence-electron chi connectivity index (χ1n) is 11.6. The second-order valence-corrected chi connectivity index (χ2v) is 10.4. The number of nitrogens with zero attached hydrogens (tertiary/aromatic N) is 1. The highest BCUT2D eigenvalue weighted by Gasteiger charge is 2.41. The van der Waals surface area contributed by atoms with Gasteiger partial charge in [0.1, 0.15) is 12.1 Å². The molecule has 0 radical (unpaired) electrons. The van der Waals surface area contributed by atoms with E-state index in [-0.39, 0.29) is 37.8 Å². The van der Waals surface area contributed by atoms with Crippen LogP contribution in [0.1, 0.15) is 44.7 Å². The maximum Gasteiger partial charge on any atom is 0.326 e. The van der Waals surface area contributed by atoms with Crippen molar-refractivity contribution in [2.45, 2.75) is 70.7 Å². The van der Waals surface area contributed by atoms with E-state index in [0.717, 1.165) is 11.1 Å². The number of benzene rings is 1. The summed E-state index contributed by atoms with van der Waals surface area (Å²) in [6, 6.07) is 4.43. The molecule has 1 heterocycles. The molecule has 0 bridgehead atoms. The van der Waals surface area contributed by atoms with Gasteiger partial charge in [0.05, 0.1) is 6.04 Å². The third-order valence-corrected chi connectivity index (χ3v) is 6.53. The number of carbonyl (C=O) groups excluding carboxylic acids is 3. The van der Waals surface area contributed by atoms with E-state index in [1.807, 2.05) is 45.0 Å². The Balaban J connectivity index is 2.35. The molecule has 3 amide bonds. The van der Waals surface area contributed by atoms with Crippen molar-refractivity contribution in [1.29, 1.82) is 0 Å². The van der Waals surface area contributed by atoms with Crippen LogP contribution >= 0.6 is 12.6 Å². The van der Waals surface area contributed by atoms with E-state index in [1.165, 1.54) is 4.90 Å². The lowest BCUT2D eigenvalue weighted by atomic mass is 9.84. The Bertz CT molecular complexity index is 935. The molecule has 1 unspecified atom stereocenters. The summed E-state index contributed by atoms with van der Waals surface area (Å²) in [6.07, 6.45) is -0.0841. The van der Waals surface area contributed by atoms with Crippen LogP contribution in [-0.4, -0.2) is 70.2 Å². The molecule has 35 heavy (non-hydrogen) atoms. The second kappa shape index (κ2) is 12.4. The molecule has 0 saturated carbocycles.